The summed E-state index contributed by atoms with van der Waals surface area (Å²) >= 11 is 4.34. The van der Waals surface area contributed by atoms with Crippen molar-refractivity contribution in [2.24, 2.45) is 12.8 Å². The molecule has 6 rings (SSSR count). The second-order valence-corrected chi connectivity index (χ2v) is 11.2. The Morgan fingerprint density at radius 2 is 1.95 bits per heavy atom. The SMILES string of the molecule is CCn1cc(Br)c(-c2ccnc3cc(C(=O)Nc4c(C(N)=O)sc5nc(C(F)F)cc(-c6cn(C)nc6C)c45)nn23)n1. The maximum absolute atomic E-state index is 13.8. The summed E-state index contributed by atoms with van der Waals surface area (Å²) in [5, 5.41) is 16.4. The summed E-state index contributed by atoms with van der Waals surface area (Å²) in [5.41, 5.74) is 8.25. The van der Waals surface area contributed by atoms with Crippen molar-refractivity contribution in [3.05, 3.63) is 63.2 Å². The predicted molar refractivity (Wildman–Crippen MR) is 156 cm³/mol. The fourth-order valence-corrected chi connectivity index (χ4v) is 6.23. The fraction of sp³-hybridized carbons (Fsp3) is 0.192. The first-order valence-corrected chi connectivity index (χ1v) is 14.1. The van der Waals surface area contributed by atoms with Crippen LogP contribution in [-0.4, -0.2) is 51.0 Å². The number of primary amides is 1. The number of nitrogens with one attached hydrogen (secondary N) is 1. The third-order valence-electron chi connectivity index (χ3n) is 6.55. The number of carbonyl (C=O) groups excluding carboxylic acids is 2. The number of nitrogens with two attached hydrogens (primary N) is 1. The van der Waals surface area contributed by atoms with Crippen molar-refractivity contribution < 1.29 is 18.4 Å². The van der Waals surface area contributed by atoms with Gasteiger partial charge in [0.05, 0.1) is 21.5 Å². The summed E-state index contributed by atoms with van der Waals surface area (Å²) in [5.74, 6) is -1.52. The lowest BCUT2D eigenvalue weighted by Gasteiger charge is -2.10. The lowest BCUT2D eigenvalue weighted by molar-refractivity contribution is 0.100. The monoisotopic (exact) mass is 654 g/mol. The molecule has 6 aromatic rings. The summed E-state index contributed by atoms with van der Waals surface area (Å²) in [4.78, 5) is 34.6. The van der Waals surface area contributed by atoms with E-state index in [9.17, 15) is 18.4 Å². The van der Waals surface area contributed by atoms with Crippen LogP contribution < -0.4 is 11.1 Å². The molecule has 0 aromatic carbocycles. The van der Waals surface area contributed by atoms with Crippen molar-refractivity contribution in [1.29, 1.82) is 0 Å². The summed E-state index contributed by atoms with van der Waals surface area (Å²) in [7, 11) is 1.70. The standard InChI is InChI=1S/C26H21BrF2N10O2S/c1-4-38-10-14(27)20(36-38)17-5-6-31-18-8-16(35-39(17)18)25(41)33-21-19-12(13-9-37(3)34-11(13)2)7-15(23(28)29)32-26(19)42-22(21)24(30)40/h5-10,23H,4H2,1-3H3,(H2,30,40)(H,33,41). The molecule has 12 nitrogen and oxygen atoms in total. The molecule has 0 fully saturated rings. The van der Waals surface area contributed by atoms with Crippen molar-refractivity contribution in [2.45, 2.75) is 26.8 Å². The first kappa shape index (κ1) is 27.6. The highest BCUT2D eigenvalue weighted by Crippen LogP contribution is 2.43. The second kappa shape index (κ2) is 10.4. The number of hydrogen-bond acceptors (Lipinski definition) is 8. The van der Waals surface area contributed by atoms with Gasteiger partial charge >= 0.3 is 0 Å². The maximum Gasteiger partial charge on any atom is 0.280 e. The van der Waals surface area contributed by atoms with Crippen LogP contribution in [-0.2, 0) is 13.6 Å². The number of halogens is 3. The Bertz CT molecular complexity index is 2040. The van der Waals surface area contributed by atoms with E-state index >= 15 is 0 Å². The zero-order chi connectivity index (χ0) is 29.9. The number of fused-ring (bicyclic) bond motifs is 2. The van der Waals surface area contributed by atoms with Gasteiger partial charge < -0.3 is 11.1 Å². The van der Waals surface area contributed by atoms with E-state index in [2.05, 4.69) is 46.5 Å². The number of carbonyl (C=O) groups is 2. The van der Waals surface area contributed by atoms with Crippen molar-refractivity contribution in [3.8, 4) is 22.5 Å². The zero-order valence-electron chi connectivity index (χ0n) is 22.3. The van der Waals surface area contributed by atoms with Crippen LogP contribution >= 0.6 is 27.3 Å². The summed E-state index contributed by atoms with van der Waals surface area (Å²) in [6.07, 6.45) is 2.21. The molecule has 0 spiro atoms. The minimum atomic E-state index is -2.87. The lowest BCUT2D eigenvalue weighted by atomic mass is 10.0. The first-order chi connectivity index (χ1) is 20.0. The van der Waals surface area contributed by atoms with Gasteiger partial charge in [-0.3, -0.25) is 19.0 Å². The van der Waals surface area contributed by atoms with Gasteiger partial charge in [-0.05, 0) is 47.5 Å². The van der Waals surface area contributed by atoms with E-state index in [0.717, 1.165) is 15.8 Å². The van der Waals surface area contributed by atoms with Gasteiger partial charge in [-0.15, -0.1) is 11.3 Å². The number of nitrogens with zero attached hydrogens (tertiary/aromatic N) is 8. The first-order valence-electron chi connectivity index (χ1n) is 12.5. The van der Waals surface area contributed by atoms with Crippen molar-refractivity contribution in [2.75, 3.05) is 5.32 Å². The summed E-state index contributed by atoms with van der Waals surface area (Å²) in [6.45, 7) is 4.35. The number of amides is 2. The quantitative estimate of drug-likeness (QED) is 0.246. The van der Waals surface area contributed by atoms with Crippen LogP contribution in [0.15, 0.2) is 41.3 Å². The third-order valence-corrected chi connectivity index (χ3v) is 8.22. The number of aryl methyl sites for hydroxylation is 3. The van der Waals surface area contributed by atoms with E-state index in [0.29, 0.717) is 45.8 Å². The molecule has 0 bridgehead atoms. The Labute approximate surface area is 248 Å². The molecule has 0 aliphatic heterocycles. The molecule has 16 heteroatoms. The van der Waals surface area contributed by atoms with Crippen molar-refractivity contribution >= 4 is 60.6 Å². The van der Waals surface area contributed by atoms with Gasteiger partial charge in [0.2, 0.25) is 0 Å². The van der Waals surface area contributed by atoms with Crippen LogP contribution in [0.25, 0.3) is 38.4 Å². The Kier molecular flexibility index (Phi) is 6.81. The lowest BCUT2D eigenvalue weighted by Crippen LogP contribution is -2.17. The van der Waals surface area contributed by atoms with E-state index in [1.807, 2.05) is 13.1 Å². The third kappa shape index (κ3) is 4.61. The summed E-state index contributed by atoms with van der Waals surface area (Å²) in [6, 6.07) is 4.45. The van der Waals surface area contributed by atoms with Gasteiger partial charge in [-0.1, -0.05) is 0 Å². The number of anilines is 1. The Morgan fingerprint density at radius 1 is 1.17 bits per heavy atom. The van der Waals surface area contributed by atoms with Crippen LogP contribution in [0.3, 0.4) is 0 Å². The smallest absolute Gasteiger partial charge is 0.280 e. The van der Waals surface area contributed by atoms with E-state index in [1.165, 1.54) is 16.6 Å². The molecular formula is C26H21BrF2N10O2S. The zero-order valence-corrected chi connectivity index (χ0v) is 24.7. The van der Waals surface area contributed by atoms with Crippen LogP contribution in [0, 0.1) is 6.92 Å². The Balaban J connectivity index is 1.49. The highest BCUT2D eigenvalue weighted by molar-refractivity contribution is 9.10. The number of rotatable bonds is 7. The van der Waals surface area contributed by atoms with E-state index in [-0.39, 0.29) is 21.1 Å². The molecule has 0 saturated carbocycles. The predicted octanol–water partition coefficient (Wildman–Crippen LogP) is 4.98. The number of hydrogen-bond donors (Lipinski definition) is 2. The molecule has 214 valence electrons. The molecule has 0 unspecified atom stereocenters. The minimum absolute atomic E-state index is 0.00737. The van der Waals surface area contributed by atoms with Gasteiger partial charge in [-0.2, -0.15) is 15.3 Å². The highest BCUT2D eigenvalue weighted by atomic mass is 79.9. The molecule has 6 aromatic heterocycles. The van der Waals surface area contributed by atoms with Gasteiger partial charge in [0.25, 0.3) is 18.2 Å². The number of pyridine rings is 1. The molecule has 0 radical (unpaired) electrons. The highest BCUT2D eigenvalue weighted by Gasteiger charge is 2.27. The van der Waals surface area contributed by atoms with Crippen LogP contribution in [0.5, 0.6) is 0 Å². The summed E-state index contributed by atoms with van der Waals surface area (Å²) < 4.78 is 33.2. The Morgan fingerprint density at radius 3 is 2.60 bits per heavy atom. The van der Waals surface area contributed by atoms with Crippen molar-refractivity contribution in [3.63, 3.8) is 0 Å². The normalized spacial score (nSPS) is 11.7. The second-order valence-electron chi connectivity index (χ2n) is 9.31. The average Bonchev–Trinajstić information content (AvgIpc) is 3.71. The molecule has 42 heavy (non-hydrogen) atoms. The molecule has 2 amide bonds. The maximum atomic E-state index is 13.8. The molecule has 0 saturated heterocycles. The van der Waals surface area contributed by atoms with Crippen LogP contribution in [0.2, 0.25) is 0 Å². The topological polar surface area (TPSA) is 151 Å². The molecule has 6 heterocycles. The van der Waals surface area contributed by atoms with E-state index < -0.39 is 23.9 Å². The minimum Gasteiger partial charge on any atom is -0.365 e. The van der Waals surface area contributed by atoms with Crippen LogP contribution in [0.1, 0.15) is 44.9 Å². The van der Waals surface area contributed by atoms with Gasteiger partial charge in [0.15, 0.2) is 11.3 Å². The van der Waals surface area contributed by atoms with Crippen molar-refractivity contribution in [1.82, 2.24) is 39.1 Å². The van der Waals surface area contributed by atoms with Gasteiger partial charge in [0, 0.05) is 49.2 Å². The number of thiophene rings is 1. The Hall–Kier alpha value is -4.57. The number of aromatic nitrogens is 8. The van der Waals surface area contributed by atoms with Gasteiger partial charge in [0.1, 0.15) is 21.1 Å². The van der Waals surface area contributed by atoms with Gasteiger partial charge in [-0.25, -0.2) is 23.3 Å². The fourth-order valence-electron chi connectivity index (χ4n) is 4.69. The largest absolute Gasteiger partial charge is 0.365 e. The molecule has 0 aliphatic carbocycles. The molecule has 0 atom stereocenters. The molecular weight excluding hydrogens is 634 g/mol. The number of alkyl halides is 2. The molecule has 0 aliphatic rings. The van der Waals surface area contributed by atoms with E-state index in [1.54, 1.807) is 41.8 Å². The van der Waals surface area contributed by atoms with Crippen LogP contribution in [0.4, 0.5) is 14.5 Å². The molecule has 3 N–H and O–H groups in total. The average molecular weight is 655 g/mol. The van der Waals surface area contributed by atoms with E-state index in [4.69, 9.17) is 5.73 Å².